The van der Waals surface area contributed by atoms with Gasteiger partial charge in [-0.1, -0.05) is 173 Å². The van der Waals surface area contributed by atoms with E-state index in [1.807, 2.05) is 0 Å². The summed E-state index contributed by atoms with van der Waals surface area (Å²) in [6, 6.07) is 50.7. The first kappa shape index (κ1) is 88.5. The molecule has 120 heavy (non-hydrogen) atoms. The molecule has 0 bridgehead atoms. The highest BCUT2D eigenvalue weighted by Gasteiger charge is 2.58. The molecule has 4 unspecified atom stereocenters. The number of amides is 4. The number of rotatable bonds is 17. The molecule has 0 saturated carbocycles. The minimum absolute atomic E-state index is 0.0238. The van der Waals surface area contributed by atoms with Gasteiger partial charge in [0.25, 0.3) is 23.6 Å². The number of ether oxygens (including phenoxy) is 3. The molecule has 0 radical (unpaired) electrons. The first-order valence-corrected chi connectivity index (χ1v) is 40.7. The Hall–Kier alpha value is -9.29. The van der Waals surface area contributed by atoms with Crippen LogP contribution in [0.4, 0.5) is 17.6 Å². The zero-order valence-corrected chi connectivity index (χ0v) is 72.9. The van der Waals surface area contributed by atoms with Crippen molar-refractivity contribution in [3.8, 4) is 0 Å². The second-order valence-corrected chi connectivity index (χ2v) is 33.5. The molecule has 16 rings (SSSR count). The predicted octanol–water partition coefficient (Wildman–Crippen LogP) is 21.4. The normalized spacial score (nSPS) is 18.1. The van der Waals surface area contributed by atoms with E-state index in [0.717, 1.165) is 6.07 Å². The summed E-state index contributed by atoms with van der Waals surface area (Å²) >= 11 is 54.3. The maximum atomic E-state index is 15.6. The molecule has 4 aliphatic heterocycles. The van der Waals surface area contributed by atoms with E-state index < -0.39 is 69.5 Å². The van der Waals surface area contributed by atoms with Crippen LogP contribution in [0.1, 0.15) is 145 Å². The van der Waals surface area contributed by atoms with Gasteiger partial charge in [-0.3, -0.25) is 63.5 Å². The first-order chi connectivity index (χ1) is 57.0. The number of halogens is 14. The molecule has 4 aromatic heterocycles. The molecule has 4 aliphatic rings. The molecule has 8 aromatic carbocycles. The third-order valence-electron chi connectivity index (χ3n) is 20.5. The average Bonchev–Trinajstić information content (AvgIpc) is 1.55. The molecular formula is C88H64Br2Cl8F4N8O10. The third kappa shape index (κ3) is 16.8. The quantitative estimate of drug-likeness (QED) is 0.0640. The Morgan fingerprint density at radius 1 is 0.383 bits per heavy atom. The fourth-order valence-corrected chi connectivity index (χ4v) is 16.8. The Bertz CT molecular complexity index is 5990. The molecule has 2 N–H and O–H groups in total. The minimum Gasteiger partial charge on any atom is -0.386 e. The van der Waals surface area contributed by atoms with Gasteiger partial charge in [-0.05, 0) is 172 Å². The number of aliphatic hydroxyl groups is 2. The van der Waals surface area contributed by atoms with Crippen LogP contribution in [0.5, 0.6) is 0 Å². The zero-order valence-electron chi connectivity index (χ0n) is 63.6. The summed E-state index contributed by atoms with van der Waals surface area (Å²) in [7, 11) is 4.26. The van der Waals surface area contributed by atoms with Crippen LogP contribution in [0.2, 0.25) is 40.2 Å². The molecule has 0 fully saturated rings. The number of hydrogen-bond acceptors (Lipinski definition) is 14. The van der Waals surface area contributed by atoms with Crippen LogP contribution in [0.15, 0.2) is 228 Å². The summed E-state index contributed by atoms with van der Waals surface area (Å²) < 4.78 is 79.8. The lowest BCUT2D eigenvalue weighted by molar-refractivity contribution is -0.0888. The van der Waals surface area contributed by atoms with E-state index in [1.165, 1.54) is 123 Å². The second-order valence-electron chi connectivity index (χ2n) is 28.2. The largest absolute Gasteiger partial charge is 0.386 e. The number of pyridine rings is 4. The number of hydrogen-bond donors (Lipinski definition) is 2. The SMILES string of the molecule is COC1(c2ccc(Cl)cc2)c2c(F)cc(Br)cc2C(=O)N1Cc1ccc(Cl)cn1.COC1(c2ccc(Cl)cc2)c2c(F)cc(C(C)(C)O)cc2C(=O)N1Cc1ccc(Cl)cn1.COC1(c2ccc(Cl)cc2)c2c(F)cc(C(C)=O)cc2C(=O)N1Cc1ccc(Cl)cn1.O=C1c2cc(Br)cc(F)c2C(O)(c2ccc(Cl)cc2)N1Cc1ccc(Cl)cn1. The molecule has 0 spiro atoms. The standard InChI is InChI=1S/C24H21Cl2FN2O3.C23H17Cl2FN2O3.C21H14BrCl2FN2O2.C20H12BrCl2FN2O2/c1-23(2,31)15-10-19-21(20(27)11-15)24(32-3,14-4-6-16(25)7-5-14)29(22(19)30)13-18-9-8-17(26)12-28-18;1-13(29)14-9-19-21(20(26)10-14)23(31-2,15-3-5-16(24)6-4-15)28(22(19)30)12-18-8-7-17(25)11-27-18;1-29-21(12-2-4-14(23)5-3-12)19-17(8-13(22)9-18(19)25)20(28)27(21)11-16-7-6-15(24)10-26-16;21-12-7-16-18(17(24)8-12)20(28,11-1-3-13(22)4-2-11)26(19(16)27)10-15-6-5-14(23)9-25-15/h4-12,31H,13H2,1-3H3;3-11H,12H2,1-2H3;2-10H,11H2,1H3;1-9,28H,10H2. The fraction of sp³-hybridized carbons (Fsp3) is 0.170. The van der Waals surface area contributed by atoms with Gasteiger partial charge in [0.05, 0.1) is 119 Å². The van der Waals surface area contributed by atoms with Gasteiger partial charge in [0.2, 0.25) is 0 Å². The lowest BCUT2D eigenvalue weighted by atomic mass is 9.89. The monoisotopic (exact) mass is 1910 g/mol. The van der Waals surface area contributed by atoms with E-state index in [9.17, 15) is 38.6 Å². The average molecular weight is 1910 g/mol. The molecule has 12 aromatic rings. The Kier molecular flexibility index (Phi) is 26.3. The van der Waals surface area contributed by atoms with Crippen LogP contribution in [0.3, 0.4) is 0 Å². The van der Waals surface area contributed by atoms with Crippen LogP contribution in [0.25, 0.3) is 0 Å². The highest BCUT2D eigenvalue weighted by molar-refractivity contribution is 9.10. The van der Waals surface area contributed by atoms with Gasteiger partial charge in [0.15, 0.2) is 28.7 Å². The van der Waals surface area contributed by atoms with Crippen molar-refractivity contribution in [2.24, 2.45) is 0 Å². The number of fused-ring (bicyclic) bond motifs is 4. The van der Waals surface area contributed by atoms with E-state index in [-0.39, 0.29) is 93.5 Å². The number of ketones is 1. The number of carbonyl (C=O) groups is 5. The molecule has 0 saturated heterocycles. The number of Topliss-reactive ketones (excluding diaryl/α,β-unsaturated/α-hetero) is 1. The zero-order chi connectivity index (χ0) is 86.4. The summed E-state index contributed by atoms with van der Waals surface area (Å²) in [5, 5.41) is 25.9. The van der Waals surface area contributed by atoms with Gasteiger partial charge >= 0.3 is 0 Å². The van der Waals surface area contributed by atoms with Gasteiger partial charge < -0.3 is 24.4 Å². The number of nitrogens with zero attached hydrogens (tertiary/aromatic N) is 8. The van der Waals surface area contributed by atoms with Crippen molar-refractivity contribution in [2.45, 2.75) is 75.5 Å². The van der Waals surface area contributed by atoms with Crippen LogP contribution in [-0.4, -0.2) is 100 Å². The van der Waals surface area contributed by atoms with Crippen molar-refractivity contribution in [1.29, 1.82) is 0 Å². The Morgan fingerprint density at radius 3 is 0.958 bits per heavy atom. The molecular weight excluding hydrogens is 1850 g/mol. The second kappa shape index (κ2) is 35.6. The molecule has 8 heterocycles. The Labute approximate surface area is 742 Å². The van der Waals surface area contributed by atoms with E-state index in [1.54, 1.807) is 152 Å². The summed E-state index contributed by atoms with van der Waals surface area (Å²) in [4.78, 5) is 88.0. The number of methoxy groups -OCH3 is 3. The Balaban J connectivity index is 0.000000138. The predicted molar refractivity (Wildman–Crippen MR) is 455 cm³/mol. The van der Waals surface area contributed by atoms with Crippen molar-refractivity contribution in [2.75, 3.05) is 21.3 Å². The summed E-state index contributed by atoms with van der Waals surface area (Å²) in [6.45, 7) is 4.50. The summed E-state index contributed by atoms with van der Waals surface area (Å²) in [6.07, 6.45) is 5.89. The van der Waals surface area contributed by atoms with Crippen LogP contribution in [0, 0.1) is 23.3 Å². The maximum Gasteiger partial charge on any atom is 0.257 e. The fourth-order valence-electron chi connectivity index (χ4n) is 15.0. The topological polar surface area (TPSA) is 218 Å². The van der Waals surface area contributed by atoms with Gasteiger partial charge in [0, 0.05) is 103 Å². The van der Waals surface area contributed by atoms with E-state index in [0.29, 0.717) is 94.2 Å². The number of aromatic nitrogens is 4. The smallest absolute Gasteiger partial charge is 0.257 e. The molecule has 4 amide bonds. The number of carbonyl (C=O) groups excluding carboxylic acids is 5. The van der Waals surface area contributed by atoms with E-state index in [2.05, 4.69) is 51.8 Å². The third-order valence-corrected chi connectivity index (χ3v) is 23.3. The Morgan fingerprint density at radius 2 is 0.650 bits per heavy atom. The van der Waals surface area contributed by atoms with Gasteiger partial charge in [0.1, 0.15) is 23.3 Å². The van der Waals surface area contributed by atoms with Crippen LogP contribution >= 0.6 is 125 Å². The van der Waals surface area contributed by atoms with Gasteiger partial charge in [-0.25, -0.2) is 17.6 Å². The van der Waals surface area contributed by atoms with Crippen LogP contribution in [-0.2, 0) is 68.9 Å². The highest BCUT2D eigenvalue weighted by Crippen LogP contribution is 2.53. The van der Waals surface area contributed by atoms with Crippen molar-refractivity contribution in [1.82, 2.24) is 39.5 Å². The summed E-state index contributed by atoms with van der Waals surface area (Å²) in [5.41, 5.74) is -2.78. The van der Waals surface area contributed by atoms with Crippen molar-refractivity contribution < 1.29 is 66.0 Å². The van der Waals surface area contributed by atoms with E-state index in [4.69, 9.17) is 107 Å². The lowest BCUT2D eigenvalue weighted by Gasteiger charge is -2.38. The first-order valence-electron chi connectivity index (χ1n) is 36.0. The maximum absolute atomic E-state index is 15.6. The molecule has 32 heteroatoms. The van der Waals surface area contributed by atoms with Crippen molar-refractivity contribution in [3.05, 3.63) is 392 Å². The highest BCUT2D eigenvalue weighted by atomic mass is 79.9. The molecule has 614 valence electrons. The minimum atomic E-state index is -2.01. The van der Waals surface area contributed by atoms with Crippen LogP contribution < -0.4 is 0 Å². The van der Waals surface area contributed by atoms with Crippen molar-refractivity contribution in [3.63, 3.8) is 0 Å². The lowest BCUT2D eigenvalue weighted by Crippen LogP contribution is -2.46. The van der Waals surface area contributed by atoms with Crippen molar-refractivity contribution >= 4 is 154 Å². The molecule has 4 atom stereocenters. The molecule has 18 nitrogen and oxygen atoms in total. The van der Waals surface area contributed by atoms with E-state index >= 15 is 13.2 Å². The van der Waals surface area contributed by atoms with Gasteiger partial charge in [-0.2, -0.15) is 0 Å². The van der Waals surface area contributed by atoms with Gasteiger partial charge in [-0.15, -0.1) is 0 Å². The summed E-state index contributed by atoms with van der Waals surface area (Å²) in [5.74, 6) is -4.76. The molecule has 0 aliphatic carbocycles. The number of benzene rings is 8.